The van der Waals surface area contributed by atoms with E-state index in [0.29, 0.717) is 6.42 Å². The lowest BCUT2D eigenvalue weighted by molar-refractivity contribution is 0.499. The largest absolute Gasteiger partial charge is 0.364 e. The van der Waals surface area contributed by atoms with Gasteiger partial charge in [0.2, 0.25) is 0 Å². The Hall–Kier alpha value is -3.18. The number of nitrogens with zero attached hydrogens (tertiary/aromatic N) is 2. The van der Waals surface area contributed by atoms with Crippen molar-refractivity contribution in [2.75, 3.05) is 0 Å². The number of hydrogen-bond acceptors (Lipinski definition) is 4. The van der Waals surface area contributed by atoms with Gasteiger partial charge in [0.05, 0.1) is 22.8 Å². The summed E-state index contributed by atoms with van der Waals surface area (Å²) in [7, 11) is 0. The van der Waals surface area contributed by atoms with Crippen molar-refractivity contribution < 1.29 is 0 Å². The Morgan fingerprint density at radius 1 is 0.880 bits per heavy atom. The summed E-state index contributed by atoms with van der Waals surface area (Å²) >= 11 is 0. The number of nitrogens with two attached hydrogens (primary N) is 1. The molecule has 4 N–H and O–H groups in total. The van der Waals surface area contributed by atoms with E-state index in [2.05, 4.69) is 26.4 Å². The van der Waals surface area contributed by atoms with Crippen LogP contribution in [-0.4, -0.2) is 22.1 Å². The fourth-order valence-corrected chi connectivity index (χ4v) is 3.29. The van der Waals surface area contributed by atoms with Crippen LogP contribution in [0.25, 0.3) is 12.2 Å². The molecular formula is C20H17N5. The van der Waals surface area contributed by atoms with Gasteiger partial charge in [-0.3, -0.25) is 0 Å². The molecule has 1 aromatic rings. The lowest BCUT2D eigenvalue weighted by Gasteiger charge is -2.22. The molecule has 0 fully saturated rings. The molecule has 0 saturated carbocycles. The number of nitrogens with one attached hydrogen (secondary N) is 2. The Labute approximate surface area is 144 Å². The zero-order valence-electron chi connectivity index (χ0n) is 13.5. The van der Waals surface area contributed by atoms with Crippen LogP contribution in [0, 0.1) is 0 Å². The molecule has 0 aromatic carbocycles. The van der Waals surface area contributed by atoms with Crippen LogP contribution >= 0.6 is 0 Å². The van der Waals surface area contributed by atoms with Crippen molar-refractivity contribution in [3.05, 3.63) is 82.5 Å². The third kappa shape index (κ3) is 2.75. The molecule has 5 heteroatoms. The number of fused-ring (bicyclic) bond motifs is 6. The van der Waals surface area contributed by atoms with E-state index in [4.69, 9.17) is 5.73 Å². The minimum absolute atomic E-state index is 0.622. The van der Waals surface area contributed by atoms with Gasteiger partial charge in [-0.2, -0.15) is 0 Å². The summed E-state index contributed by atoms with van der Waals surface area (Å²) in [6.07, 6.45) is 18.9. The second-order valence-electron chi connectivity index (χ2n) is 6.57. The molecule has 5 nitrogen and oxygen atoms in total. The van der Waals surface area contributed by atoms with Gasteiger partial charge in [-0.25, -0.2) is 9.98 Å². The van der Waals surface area contributed by atoms with Gasteiger partial charge >= 0.3 is 0 Å². The van der Waals surface area contributed by atoms with E-state index in [9.17, 15) is 0 Å². The zero-order valence-corrected chi connectivity index (χ0v) is 13.5. The third-order valence-electron chi connectivity index (χ3n) is 4.45. The highest BCUT2D eigenvalue weighted by atomic mass is 15.1. The third-order valence-corrected chi connectivity index (χ3v) is 4.45. The topological polar surface area (TPSA) is 78.6 Å². The van der Waals surface area contributed by atoms with E-state index in [1.54, 1.807) is 0 Å². The van der Waals surface area contributed by atoms with Crippen LogP contribution in [0.15, 0.2) is 81.7 Å². The second kappa shape index (κ2) is 5.16. The maximum atomic E-state index is 6.47. The van der Waals surface area contributed by atoms with Gasteiger partial charge in [0.1, 0.15) is 5.66 Å². The molecule has 122 valence electrons. The number of rotatable bonds is 0. The van der Waals surface area contributed by atoms with Gasteiger partial charge in [-0.1, -0.05) is 6.08 Å². The molecule has 25 heavy (non-hydrogen) atoms. The second-order valence-corrected chi connectivity index (χ2v) is 6.57. The van der Waals surface area contributed by atoms with E-state index < -0.39 is 5.66 Å². The quantitative estimate of drug-likeness (QED) is 0.662. The fraction of sp³-hybridized carbons (Fsp3) is 0.100. The highest BCUT2D eigenvalue weighted by Crippen LogP contribution is 2.23. The number of aromatic amines is 1. The summed E-state index contributed by atoms with van der Waals surface area (Å²) in [4.78, 5) is 12.7. The minimum Gasteiger partial charge on any atom is -0.364 e. The number of aliphatic imine (C=N–C) groups is 2. The fourth-order valence-electron chi connectivity index (χ4n) is 3.29. The first-order valence-electron chi connectivity index (χ1n) is 8.28. The molecule has 0 spiro atoms. The van der Waals surface area contributed by atoms with Crippen molar-refractivity contribution in [2.24, 2.45) is 15.7 Å². The summed E-state index contributed by atoms with van der Waals surface area (Å²) in [6.45, 7) is 0. The molecule has 0 amide bonds. The average molecular weight is 327 g/mol. The number of allylic oxidation sites excluding steroid dienone is 5. The van der Waals surface area contributed by atoms with Crippen molar-refractivity contribution in [2.45, 2.75) is 12.1 Å². The van der Waals surface area contributed by atoms with E-state index in [-0.39, 0.29) is 0 Å². The van der Waals surface area contributed by atoms with Crippen LogP contribution in [0.4, 0.5) is 0 Å². The van der Waals surface area contributed by atoms with Crippen molar-refractivity contribution in [1.82, 2.24) is 10.3 Å². The molecule has 1 atom stereocenters. The molecule has 1 unspecified atom stereocenters. The van der Waals surface area contributed by atoms with E-state index >= 15 is 0 Å². The number of H-pyrrole nitrogens is 1. The van der Waals surface area contributed by atoms with Crippen molar-refractivity contribution in [3.63, 3.8) is 0 Å². The van der Waals surface area contributed by atoms with Gasteiger partial charge in [-0.05, 0) is 60.7 Å². The first kappa shape index (κ1) is 14.2. The Kier molecular flexibility index (Phi) is 2.93. The van der Waals surface area contributed by atoms with Crippen LogP contribution in [0.2, 0.25) is 0 Å². The van der Waals surface area contributed by atoms with Crippen molar-refractivity contribution in [3.8, 4) is 0 Å². The summed E-state index contributed by atoms with van der Waals surface area (Å²) in [5, 5.41) is 5.39. The number of hydrogen-bond donors (Lipinski definition) is 3. The van der Waals surface area contributed by atoms with E-state index in [1.165, 1.54) is 0 Å². The van der Waals surface area contributed by atoms with Gasteiger partial charge in [0.25, 0.3) is 0 Å². The Balaban J connectivity index is 1.67. The maximum absolute atomic E-state index is 6.47. The van der Waals surface area contributed by atoms with E-state index in [1.807, 2.05) is 60.7 Å². The Bertz CT molecular complexity index is 1100. The first-order valence-corrected chi connectivity index (χ1v) is 8.28. The van der Waals surface area contributed by atoms with Crippen LogP contribution in [0.3, 0.4) is 0 Å². The van der Waals surface area contributed by atoms with Gasteiger partial charge < -0.3 is 16.0 Å². The highest BCUT2D eigenvalue weighted by molar-refractivity contribution is 6.20. The predicted octanol–water partition coefficient (Wildman–Crippen LogP) is 0.911. The lowest BCUT2D eigenvalue weighted by atomic mass is 10.1. The van der Waals surface area contributed by atoms with Crippen LogP contribution in [0.1, 0.15) is 6.42 Å². The normalized spacial score (nSPS) is 32.9. The Morgan fingerprint density at radius 3 is 2.32 bits per heavy atom. The Morgan fingerprint density at radius 2 is 1.56 bits per heavy atom. The predicted molar refractivity (Wildman–Crippen MR) is 101 cm³/mol. The van der Waals surface area contributed by atoms with Crippen LogP contribution < -0.4 is 21.7 Å². The van der Waals surface area contributed by atoms with Crippen molar-refractivity contribution in [1.29, 1.82) is 0 Å². The molecule has 5 heterocycles. The molecule has 4 aliphatic rings. The summed E-state index contributed by atoms with van der Waals surface area (Å²) in [5.41, 5.74) is 10.4. The molecule has 4 aliphatic heterocycles. The molecular weight excluding hydrogens is 310 g/mol. The molecule has 1 aromatic heterocycles. The van der Waals surface area contributed by atoms with E-state index in [0.717, 1.165) is 39.2 Å². The van der Waals surface area contributed by atoms with Crippen LogP contribution in [0.5, 0.6) is 0 Å². The lowest BCUT2D eigenvalue weighted by Crippen LogP contribution is -2.47. The SMILES string of the molecule is NC12/C=C3/C=CC(=N3)/C=c3/cc/c([nH]3)=C/C3=NC(=C\C(=CC1)N2)/C=C3. The highest BCUT2D eigenvalue weighted by Gasteiger charge is 2.27. The summed E-state index contributed by atoms with van der Waals surface area (Å²) in [6, 6.07) is 4.08. The molecule has 0 aliphatic carbocycles. The molecule has 0 saturated heterocycles. The smallest absolute Gasteiger partial charge is 0.111 e. The van der Waals surface area contributed by atoms with Gasteiger partial charge in [-0.15, -0.1) is 0 Å². The summed E-state index contributed by atoms with van der Waals surface area (Å²) in [5.74, 6) is 0. The summed E-state index contributed by atoms with van der Waals surface area (Å²) < 4.78 is 0. The standard InChI is InChI=1S/C20H17N5/c21-20-8-7-18(25-20)11-17-4-3-14(23-17)9-13-1-2-15(22-13)10-16-5-6-19(12-20)24-16/h1-7,9-12,22,25H,8,21H2/b13-9-,15-10-,17-11-,19-12-. The zero-order chi connectivity index (χ0) is 16.9. The van der Waals surface area contributed by atoms with Crippen LogP contribution in [-0.2, 0) is 0 Å². The van der Waals surface area contributed by atoms with Gasteiger partial charge in [0.15, 0.2) is 0 Å². The van der Waals surface area contributed by atoms with Gasteiger partial charge in [0, 0.05) is 22.8 Å². The average Bonchev–Trinajstić information content (AvgIpc) is 3.32. The number of aromatic nitrogens is 1. The molecule has 0 radical (unpaired) electrons. The first-order chi connectivity index (χ1) is 12.1. The minimum atomic E-state index is -0.622. The maximum Gasteiger partial charge on any atom is 0.111 e. The molecule has 8 bridgehead atoms. The monoisotopic (exact) mass is 327 g/mol. The van der Waals surface area contributed by atoms with Crippen molar-refractivity contribution >= 4 is 23.6 Å². The molecule has 5 rings (SSSR count).